The van der Waals surface area contributed by atoms with E-state index in [0.717, 1.165) is 25.3 Å². The van der Waals surface area contributed by atoms with Gasteiger partial charge in [0.15, 0.2) is 0 Å². The van der Waals surface area contributed by atoms with E-state index in [9.17, 15) is 4.79 Å². The number of nitrogens with one attached hydrogen (secondary N) is 2. The molecule has 1 aromatic heterocycles. The Morgan fingerprint density at radius 3 is 2.76 bits per heavy atom. The van der Waals surface area contributed by atoms with Crippen molar-refractivity contribution in [1.82, 2.24) is 20.0 Å². The highest BCUT2D eigenvalue weighted by molar-refractivity contribution is 5.91. The zero-order valence-corrected chi connectivity index (χ0v) is 16.2. The van der Waals surface area contributed by atoms with Crippen LogP contribution in [0.25, 0.3) is 5.69 Å². The summed E-state index contributed by atoms with van der Waals surface area (Å²) in [6.07, 6.45) is 3.52. The number of hydrogen-bond donors (Lipinski definition) is 2. The lowest BCUT2D eigenvalue weighted by molar-refractivity contribution is -0.0285. The van der Waals surface area contributed by atoms with E-state index in [1.165, 1.54) is 5.56 Å². The van der Waals surface area contributed by atoms with Crippen molar-refractivity contribution in [3.8, 4) is 5.69 Å². The van der Waals surface area contributed by atoms with Crippen LogP contribution in [-0.2, 0) is 11.3 Å². The normalized spacial score (nSPS) is 17.0. The molecule has 7 heteroatoms. The molecule has 2 heterocycles. The van der Waals surface area contributed by atoms with Gasteiger partial charge in [0.2, 0.25) is 0 Å². The van der Waals surface area contributed by atoms with Crippen molar-refractivity contribution in [2.75, 3.05) is 31.6 Å². The van der Waals surface area contributed by atoms with Gasteiger partial charge in [-0.2, -0.15) is 5.10 Å². The SMILES string of the molecule is O=C(NCC1CN(Cc2ccccc2)CCO1)Nc1ccccc1-n1cccn1. The van der Waals surface area contributed by atoms with Crippen molar-refractivity contribution in [1.29, 1.82) is 0 Å². The monoisotopic (exact) mass is 391 g/mol. The molecule has 1 aliphatic rings. The highest BCUT2D eigenvalue weighted by atomic mass is 16.5. The topological polar surface area (TPSA) is 71.4 Å². The van der Waals surface area contributed by atoms with Gasteiger partial charge < -0.3 is 15.4 Å². The summed E-state index contributed by atoms with van der Waals surface area (Å²) in [7, 11) is 0. The molecule has 0 aliphatic carbocycles. The molecule has 29 heavy (non-hydrogen) atoms. The quantitative estimate of drug-likeness (QED) is 0.678. The van der Waals surface area contributed by atoms with Gasteiger partial charge >= 0.3 is 6.03 Å². The van der Waals surface area contributed by atoms with Crippen molar-refractivity contribution >= 4 is 11.7 Å². The Balaban J connectivity index is 1.29. The largest absolute Gasteiger partial charge is 0.374 e. The van der Waals surface area contributed by atoms with Crippen LogP contribution in [-0.4, -0.2) is 53.1 Å². The number of benzene rings is 2. The molecule has 0 saturated carbocycles. The molecule has 2 N–H and O–H groups in total. The molecule has 2 aromatic carbocycles. The molecule has 0 spiro atoms. The van der Waals surface area contributed by atoms with Crippen LogP contribution in [0.2, 0.25) is 0 Å². The van der Waals surface area contributed by atoms with Gasteiger partial charge in [-0.3, -0.25) is 4.90 Å². The molecule has 150 valence electrons. The zero-order valence-electron chi connectivity index (χ0n) is 16.2. The van der Waals surface area contributed by atoms with Crippen molar-refractivity contribution in [2.45, 2.75) is 12.6 Å². The Bertz CT molecular complexity index is 914. The van der Waals surface area contributed by atoms with E-state index in [1.54, 1.807) is 10.9 Å². The smallest absolute Gasteiger partial charge is 0.319 e. The first kappa shape index (κ1) is 19.2. The van der Waals surface area contributed by atoms with Crippen LogP contribution in [0.5, 0.6) is 0 Å². The first-order valence-corrected chi connectivity index (χ1v) is 9.80. The van der Waals surface area contributed by atoms with Gasteiger partial charge in [0.25, 0.3) is 0 Å². The molecular weight excluding hydrogens is 366 g/mol. The average molecular weight is 391 g/mol. The van der Waals surface area contributed by atoms with E-state index in [0.29, 0.717) is 18.8 Å². The summed E-state index contributed by atoms with van der Waals surface area (Å²) in [4.78, 5) is 14.8. The first-order chi connectivity index (χ1) is 14.3. The lowest BCUT2D eigenvalue weighted by atomic mass is 10.2. The molecule has 0 bridgehead atoms. The molecule has 1 saturated heterocycles. The van der Waals surface area contributed by atoms with E-state index in [4.69, 9.17) is 4.74 Å². The number of aromatic nitrogens is 2. The van der Waals surface area contributed by atoms with Crippen LogP contribution >= 0.6 is 0 Å². The summed E-state index contributed by atoms with van der Waals surface area (Å²) in [6, 6.07) is 19.6. The van der Waals surface area contributed by atoms with Gasteiger partial charge in [-0.05, 0) is 23.8 Å². The van der Waals surface area contributed by atoms with E-state index in [2.05, 4.69) is 44.9 Å². The van der Waals surface area contributed by atoms with Gasteiger partial charge in [-0.1, -0.05) is 42.5 Å². The van der Waals surface area contributed by atoms with E-state index in [1.807, 2.05) is 42.6 Å². The Morgan fingerprint density at radius 2 is 1.93 bits per heavy atom. The number of rotatable bonds is 6. The maximum absolute atomic E-state index is 12.4. The summed E-state index contributed by atoms with van der Waals surface area (Å²) in [5.74, 6) is 0. The maximum atomic E-state index is 12.4. The third kappa shape index (κ3) is 5.22. The van der Waals surface area contributed by atoms with Gasteiger partial charge in [-0.25, -0.2) is 9.48 Å². The number of morpholine rings is 1. The number of para-hydroxylation sites is 2. The number of urea groups is 1. The van der Waals surface area contributed by atoms with Crippen molar-refractivity contribution in [2.24, 2.45) is 0 Å². The lowest BCUT2D eigenvalue weighted by Gasteiger charge is -2.33. The Labute approximate surface area is 170 Å². The molecule has 7 nitrogen and oxygen atoms in total. The van der Waals surface area contributed by atoms with Crippen molar-refractivity contribution < 1.29 is 9.53 Å². The Hall–Kier alpha value is -3.16. The lowest BCUT2D eigenvalue weighted by Crippen LogP contribution is -2.47. The summed E-state index contributed by atoms with van der Waals surface area (Å²) >= 11 is 0. The Kier molecular flexibility index (Phi) is 6.19. The highest BCUT2D eigenvalue weighted by Crippen LogP contribution is 2.18. The molecule has 3 aromatic rings. The van der Waals surface area contributed by atoms with Crippen molar-refractivity contribution in [3.05, 3.63) is 78.6 Å². The predicted molar refractivity (Wildman–Crippen MR) is 112 cm³/mol. The third-order valence-electron chi connectivity index (χ3n) is 4.87. The minimum atomic E-state index is -0.256. The van der Waals surface area contributed by atoms with Gasteiger partial charge in [-0.15, -0.1) is 0 Å². The van der Waals surface area contributed by atoms with Gasteiger partial charge in [0.05, 0.1) is 24.1 Å². The fourth-order valence-corrected chi connectivity index (χ4v) is 3.45. The van der Waals surface area contributed by atoms with Crippen LogP contribution in [0.4, 0.5) is 10.5 Å². The number of ether oxygens (including phenoxy) is 1. The average Bonchev–Trinajstić information content (AvgIpc) is 3.28. The number of anilines is 1. The number of amides is 2. The van der Waals surface area contributed by atoms with Gasteiger partial charge in [0.1, 0.15) is 0 Å². The summed E-state index contributed by atoms with van der Waals surface area (Å²) in [5.41, 5.74) is 2.80. The van der Waals surface area contributed by atoms with E-state index in [-0.39, 0.29) is 12.1 Å². The van der Waals surface area contributed by atoms with Crippen LogP contribution < -0.4 is 10.6 Å². The van der Waals surface area contributed by atoms with Crippen LogP contribution in [0.15, 0.2) is 73.1 Å². The van der Waals surface area contributed by atoms with Crippen LogP contribution in [0.3, 0.4) is 0 Å². The standard InChI is InChI=1S/C22H25N5O2/c28-22(25-20-9-4-5-10-21(20)27-12-6-11-24-27)23-15-19-17-26(13-14-29-19)16-18-7-2-1-3-8-18/h1-12,19H,13-17H2,(H2,23,25,28). The second kappa shape index (κ2) is 9.36. The zero-order chi connectivity index (χ0) is 19.9. The molecular formula is C22H25N5O2. The summed E-state index contributed by atoms with van der Waals surface area (Å²) in [5, 5.41) is 10.1. The van der Waals surface area contributed by atoms with Crippen LogP contribution in [0, 0.1) is 0 Å². The molecule has 0 radical (unpaired) electrons. The minimum Gasteiger partial charge on any atom is -0.374 e. The molecule has 1 fully saturated rings. The fourth-order valence-electron chi connectivity index (χ4n) is 3.45. The third-order valence-corrected chi connectivity index (χ3v) is 4.87. The molecule has 4 rings (SSSR count). The molecule has 1 unspecified atom stereocenters. The van der Waals surface area contributed by atoms with E-state index >= 15 is 0 Å². The number of hydrogen-bond acceptors (Lipinski definition) is 4. The summed E-state index contributed by atoms with van der Waals surface area (Å²) < 4.78 is 7.55. The number of nitrogens with zero attached hydrogens (tertiary/aromatic N) is 3. The highest BCUT2D eigenvalue weighted by Gasteiger charge is 2.21. The molecule has 1 atom stereocenters. The second-order valence-electron chi connectivity index (χ2n) is 7.02. The van der Waals surface area contributed by atoms with Crippen LogP contribution in [0.1, 0.15) is 5.56 Å². The summed E-state index contributed by atoms with van der Waals surface area (Å²) in [6.45, 7) is 3.71. The fraction of sp³-hybridized carbons (Fsp3) is 0.273. The van der Waals surface area contributed by atoms with Gasteiger partial charge in [0, 0.05) is 38.6 Å². The number of carbonyl (C=O) groups excluding carboxylic acids is 1. The second-order valence-corrected chi connectivity index (χ2v) is 7.02. The first-order valence-electron chi connectivity index (χ1n) is 9.80. The maximum Gasteiger partial charge on any atom is 0.319 e. The Morgan fingerprint density at radius 1 is 1.10 bits per heavy atom. The predicted octanol–water partition coefficient (Wildman–Crippen LogP) is 2.89. The van der Waals surface area contributed by atoms with Crippen molar-refractivity contribution in [3.63, 3.8) is 0 Å². The molecule has 2 amide bonds. The van der Waals surface area contributed by atoms with E-state index < -0.39 is 0 Å². The number of carbonyl (C=O) groups is 1. The molecule has 1 aliphatic heterocycles. The minimum absolute atomic E-state index is 0.0282.